The van der Waals surface area contributed by atoms with Crippen LogP contribution in [0.1, 0.15) is 23.2 Å². The predicted molar refractivity (Wildman–Crippen MR) is 63.9 cm³/mol. The molecule has 0 unspecified atom stereocenters. The molecule has 0 saturated heterocycles. The minimum Gasteiger partial charge on any atom is -0.328 e. The van der Waals surface area contributed by atoms with Gasteiger partial charge in [-0.25, -0.2) is 0 Å². The molecular weight excluding hydrogens is 256 g/mol. The summed E-state index contributed by atoms with van der Waals surface area (Å²) >= 11 is 16.4. The molecule has 1 aliphatic carbocycles. The number of hydrogen-bond donors (Lipinski definition) is 1. The highest BCUT2D eigenvalue weighted by molar-refractivity contribution is 6.68. The van der Waals surface area contributed by atoms with Gasteiger partial charge >= 0.3 is 0 Å². The Hall–Kier alpha value is -0.280. The number of carbonyl (C=O) groups is 1. The third-order valence-corrected chi connectivity index (χ3v) is 2.52. The van der Waals surface area contributed by atoms with Gasteiger partial charge in [-0.05, 0) is 42.6 Å². The average molecular weight is 267 g/mol. The second kappa shape index (κ2) is 5.71. The van der Waals surface area contributed by atoms with Gasteiger partial charge in [0, 0.05) is 11.1 Å². The van der Waals surface area contributed by atoms with E-state index in [2.05, 4.69) is 0 Å². The molecule has 2 nitrogen and oxygen atoms in total. The zero-order valence-corrected chi connectivity index (χ0v) is 10.1. The molecule has 1 saturated carbocycles. The van der Waals surface area contributed by atoms with Gasteiger partial charge in [0.15, 0.2) is 0 Å². The van der Waals surface area contributed by atoms with E-state index >= 15 is 0 Å². The van der Waals surface area contributed by atoms with Gasteiger partial charge in [0.05, 0.1) is 10.6 Å². The molecule has 0 heterocycles. The van der Waals surface area contributed by atoms with Gasteiger partial charge < -0.3 is 5.73 Å². The molecule has 2 N–H and O–H groups in total. The summed E-state index contributed by atoms with van der Waals surface area (Å²) in [5.41, 5.74) is 5.50. The van der Waals surface area contributed by atoms with Crippen molar-refractivity contribution < 1.29 is 4.79 Å². The summed E-state index contributed by atoms with van der Waals surface area (Å²) in [5, 5.41) is 0.181. The van der Waals surface area contributed by atoms with Crippen molar-refractivity contribution in [2.45, 2.75) is 18.9 Å². The molecule has 0 spiro atoms. The molecule has 1 aromatic rings. The lowest BCUT2D eigenvalue weighted by molar-refractivity contribution is 0.108. The van der Waals surface area contributed by atoms with Gasteiger partial charge in [0.25, 0.3) is 5.24 Å². The van der Waals surface area contributed by atoms with Crippen LogP contribution in [-0.2, 0) is 0 Å². The van der Waals surface area contributed by atoms with Crippen molar-refractivity contribution in [2.24, 2.45) is 5.73 Å². The maximum absolute atomic E-state index is 10.6. The van der Waals surface area contributed by atoms with E-state index in [1.165, 1.54) is 25.0 Å². The van der Waals surface area contributed by atoms with Gasteiger partial charge in [0.1, 0.15) is 0 Å². The Morgan fingerprint density at radius 3 is 2.20 bits per heavy atom. The Morgan fingerprint density at radius 2 is 1.87 bits per heavy atom. The van der Waals surface area contributed by atoms with Crippen molar-refractivity contribution in [3.05, 3.63) is 33.8 Å². The van der Waals surface area contributed by atoms with Crippen LogP contribution < -0.4 is 5.73 Å². The first-order chi connectivity index (χ1) is 7.00. The summed E-state index contributed by atoms with van der Waals surface area (Å²) in [7, 11) is 0. The van der Waals surface area contributed by atoms with Crippen LogP contribution in [0.15, 0.2) is 18.2 Å². The van der Waals surface area contributed by atoms with Gasteiger partial charge in [-0.2, -0.15) is 0 Å². The predicted octanol–water partition coefficient (Wildman–Crippen LogP) is 3.48. The summed E-state index contributed by atoms with van der Waals surface area (Å²) in [6, 6.07) is 5.10. The molecule has 2 rings (SSSR count). The topological polar surface area (TPSA) is 43.1 Å². The van der Waals surface area contributed by atoms with E-state index in [-0.39, 0.29) is 10.6 Å². The second-order valence-electron chi connectivity index (χ2n) is 3.24. The number of benzene rings is 1. The highest BCUT2D eigenvalue weighted by Crippen LogP contribution is 2.21. The van der Waals surface area contributed by atoms with Crippen LogP contribution in [0.2, 0.25) is 10.0 Å². The third-order valence-electron chi connectivity index (χ3n) is 1.76. The van der Waals surface area contributed by atoms with Crippen molar-refractivity contribution in [3.8, 4) is 0 Å². The molecule has 0 bridgehead atoms. The Labute approximate surface area is 103 Å². The summed E-state index contributed by atoms with van der Waals surface area (Å²) in [6.07, 6.45) is 2.53. The molecule has 82 valence electrons. The molecule has 1 aliphatic rings. The van der Waals surface area contributed by atoms with Crippen LogP contribution in [0.5, 0.6) is 0 Å². The first kappa shape index (κ1) is 12.8. The van der Waals surface area contributed by atoms with E-state index in [0.717, 1.165) is 0 Å². The highest BCUT2D eigenvalue weighted by Gasteiger charge is 2.13. The number of nitrogens with two attached hydrogens (primary N) is 1. The van der Waals surface area contributed by atoms with Crippen molar-refractivity contribution >= 4 is 40.0 Å². The fraction of sp³-hybridized carbons (Fsp3) is 0.300. The van der Waals surface area contributed by atoms with Crippen LogP contribution in [-0.4, -0.2) is 11.3 Å². The minimum absolute atomic E-state index is 0.275. The first-order valence-electron chi connectivity index (χ1n) is 4.41. The fourth-order valence-corrected chi connectivity index (χ4v) is 1.45. The lowest BCUT2D eigenvalue weighted by Gasteiger charge is -1.96. The zero-order valence-electron chi connectivity index (χ0n) is 7.84. The van der Waals surface area contributed by atoms with E-state index < -0.39 is 5.24 Å². The Kier molecular flexibility index (Phi) is 4.87. The van der Waals surface area contributed by atoms with Gasteiger partial charge in [-0.15, -0.1) is 0 Å². The van der Waals surface area contributed by atoms with E-state index in [0.29, 0.717) is 11.1 Å². The normalized spacial score (nSPS) is 14.1. The molecule has 5 heteroatoms. The third kappa shape index (κ3) is 4.85. The van der Waals surface area contributed by atoms with Gasteiger partial charge in [-0.1, -0.05) is 23.2 Å². The van der Waals surface area contributed by atoms with E-state index in [1.54, 1.807) is 6.07 Å². The molecule has 0 radical (unpaired) electrons. The van der Waals surface area contributed by atoms with Crippen molar-refractivity contribution in [1.29, 1.82) is 0 Å². The van der Waals surface area contributed by atoms with Crippen LogP contribution in [0.4, 0.5) is 0 Å². The van der Waals surface area contributed by atoms with Crippen LogP contribution in [0.3, 0.4) is 0 Å². The SMILES string of the molecule is NC1CC1.O=C(Cl)c1ccc(Cl)cc1Cl. The molecule has 15 heavy (non-hydrogen) atoms. The van der Waals surface area contributed by atoms with Crippen molar-refractivity contribution in [3.63, 3.8) is 0 Å². The van der Waals surface area contributed by atoms with E-state index in [9.17, 15) is 4.79 Å². The van der Waals surface area contributed by atoms with Crippen LogP contribution in [0, 0.1) is 0 Å². The monoisotopic (exact) mass is 265 g/mol. The van der Waals surface area contributed by atoms with E-state index in [1.807, 2.05) is 0 Å². The van der Waals surface area contributed by atoms with Crippen molar-refractivity contribution in [1.82, 2.24) is 0 Å². The number of rotatable bonds is 1. The standard InChI is InChI=1S/C7H3Cl3O.C3H7N/c8-4-1-2-5(7(10)11)6(9)3-4;4-3-1-2-3/h1-3H;3H,1-2,4H2. The summed E-state index contributed by atoms with van der Waals surface area (Å²) in [5.74, 6) is 0. The van der Waals surface area contributed by atoms with Crippen molar-refractivity contribution in [2.75, 3.05) is 0 Å². The maximum atomic E-state index is 10.6. The van der Waals surface area contributed by atoms with Crippen LogP contribution >= 0.6 is 34.8 Å². The molecule has 0 amide bonds. The smallest absolute Gasteiger partial charge is 0.253 e. The molecule has 0 aromatic heterocycles. The molecule has 0 atom stereocenters. The Bertz CT molecular complexity index is 364. The average Bonchev–Trinajstić information content (AvgIpc) is 2.87. The molecule has 1 fully saturated rings. The Balaban J connectivity index is 0.000000234. The number of halogens is 3. The minimum atomic E-state index is -0.577. The summed E-state index contributed by atoms with van der Waals surface area (Å²) in [4.78, 5) is 10.6. The van der Waals surface area contributed by atoms with Gasteiger partial charge in [0.2, 0.25) is 0 Å². The molecular formula is C10H10Cl3NO. The number of carbonyl (C=O) groups excluding carboxylic acids is 1. The quantitative estimate of drug-likeness (QED) is 0.791. The van der Waals surface area contributed by atoms with E-state index in [4.69, 9.17) is 40.5 Å². The fourth-order valence-electron chi connectivity index (χ4n) is 0.745. The summed E-state index contributed by atoms with van der Waals surface area (Å²) < 4.78 is 0. The van der Waals surface area contributed by atoms with Crippen LogP contribution in [0.25, 0.3) is 0 Å². The zero-order chi connectivity index (χ0) is 11.4. The van der Waals surface area contributed by atoms with Gasteiger partial charge in [-0.3, -0.25) is 4.79 Å². The second-order valence-corrected chi connectivity index (χ2v) is 4.42. The highest BCUT2D eigenvalue weighted by atomic mass is 35.5. The molecule has 1 aromatic carbocycles. The number of hydrogen-bond acceptors (Lipinski definition) is 2. The largest absolute Gasteiger partial charge is 0.328 e. The summed E-state index contributed by atoms with van der Waals surface area (Å²) in [6.45, 7) is 0. The lowest BCUT2D eigenvalue weighted by Crippen LogP contribution is -1.94. The lowest BCUT2D eigenvalue weighted by atomic mass is 10.2. The maximum Gasteiger partial charge on any atom is 0.253 e. The first-order valence-corrected chi connectivity index (χ1v) is 5.54. The molecule has 0 aliphatic heterocycles. The Morgan fingerprint density at radius 1 is 1.33 bits per heavy atom.